The van der Waals surface area contributed by atoms with Crippen molar-refractivity contribution in [2.75, 3.05) is 0 Å². The van der Waals surface area contributed by atoms with Crippen molar-refractivity contribution >= 4 is 10.0 Å². The Hall–Kier alpha value is -1.78. The molecule has 1 aliphatic carbocycles. The van der Waals surface area contributed by atoms with Crippen LogP contribution in [-0.4, -0.2) is 39.8 Å². The van der Waals surface area contributed by atoms with Crippen LogP contribution in [0.25, 0.3) is 0 Å². The van der Waals surface area contributed by atoms with Gasteiger partial charge in [-0.05, 0) is 19.8 Å². The highest BCUT2D eigenvalue weighted by atomic mass is 32.2. The molecule has 0 saturated heterocycles. The minimum Gasteiger partial charge on any atom is -0.310 e. The first-order valence-electron chi connectivity index (χ1n) is 6.69. The number of rotatable bonds is 7. The predicted octanol–water partition coefficient (Wildman–Crippen LogP) is -0.181. The normalized spacial score (nSPS) is 17.0. The van der Waals surface area contributed by atoms with Crippen LogP contribution in [0.15, 0.2) is 17.6 Å². The maximum absolute atomic E-state index is 12.4. The van der Waals surface area contributed by atoms with Gasteiger partial charge in [0.05, 0.1) is 12.2 Å². The fourth-order valence-corrected chi connectivity index (χ4v) is 3.31. The van der Waals surface area contributed by atoms with Crippen LogP contribution in [0.1, 0.15) is 37.2 Å². The van der Waals surface area contributed by atoms with Gasteiger partial charge in [0, 0.05) is 18.2 Å². The maximum Gasteiger partial charge on any atom is 0.258 e. The number of H-pyrrole nitrogens is 2. The van der Waals surface area contributed by atoms with Gasteiger partial charge in [-0.3, -0.25) is 10.2 Å². The number of nitrogens with zero attached hydrogens (tertiary/aromatic N) is 3. The Morgan fingerprint density at radius 1 is 1.38 bits per heavy atom. The molecular weight excluding hydrogens is 294 g/mol. The van der Waals surface area contributed by atoms with Crippen molar-refractivity contribution in [1.29, 1.82) is 0 Å². The number of aromatic amines is 2. The average molecular weight is 311 g/mol. The first-order chi connectivity index (χ1) is 10.1. The molecule has 1 saturated carbocycles. The third-order valence-corrected chi connectivity index (χ3v) is 4.84. The summed E-state index contributed by atoms with van der Waals surface area (Å²) < 4.78 is 27.4. The molecule has 0 spiro atoms. The smallest absolute Gasteiger partial charge is 0.258 e. The van der Waals surface area contributed by atoms with Crippen LogP contribution in [0.5, 0.6) is 0 Å². The summed E-state index contributed by atoms with van der Waals surface area (Å²) in [6.07, 6.45) is 5.14. The molecule has 1 unspecified atom stereocenters. The predicted molar refractivity (Wildman–Crippen MR) is 73.6 cm³/mol. The monoisotopic (exact) mass is 311 g/mol. The lowest BCUT2D eigenvalue weighted by atomic mass is 10.3. The molecule has 114 valence electrons. The van der Waals surface area contributed by atoms with Crippen LogP contribution in [0.2, 0.25) is 0 Å². The highest BCUT2D eigenvalue weighted by Crippen LogP contribution is 2.21. The van der Waals surface area contributed by atoms with Crippen molar-refractivity contribution in [3.63, 3.8) is 0 Å². The molecule has 9 nitrogen and oxygen atoms in total. The van der Waals surface area contributed by atoms with E-state index >= 15 is 0 Å². The minimum absolute atomic E-state index is 0.0852. The van der Waals surface area contributed by atoms with Crippen LogP contribution in [0.4, 0.5) is 0 Å². The molecule has 0 amide bonds. The van der Waals surface area contributed by atoms with Gasteiger partial charge in [0.15, 0.2) is 5.03 Å². The molecule has 2 heterocycles. The van der Waals surface area contributed by atoms with E-state index < -0.39 is 16.1 Å². The second-order valence-corrected chi connectivity index (χ2v) is 6.74. The minimum atomic E-state index is -3.70. The second kappa shape index (κ2) is 5.54. The summed E-state index contributed by atoms with van der Waals surface area (Å²) in [5.74, 6) is 0.454. The Bertz CT molecular complexity index is 690. The summed E-state index contributed by atoms with van der Waals surface area (Å²) in [4.78, 5) is 3.94. The van der Waals surface area contributed by atoms with E-state index in [1.54, 1.807) is 6.92 Å². The molecule has 0 radical (unpaired) electrons. The van der Waals surface area contributed by atoms with Gasteiger partial charge < -0.3 is 5.32 Å². The Morgan fingerprint density at radius 3 is 2.86 bits per heavy atom. The number of aromatic nitrogens is 5. The second-order valence-electron chi connectivity index (χ2n) is 5.09. The molecule has 1 fully saturated rings. The Labute approximate surface area is 122 Å². The SMILES string of the molecule is CC(NS(=O)(=O)c1[nH]ncc1CNC1CC1)c1ncn[nH]1. The van der Waals surface area contributed by atoms with E-state index in [1.807, 2.05) is 0 Å². The van der Waals surface area contributed by atoms with Crippen molar-refractivity contribution in [2.45, 2.75) is 43.4 Å². The van der Waals surface area contributed by atoms with Gasteiger partial charge in [-0.15, -0.1) is 0 Å². The van der Waals surface area contributed by atoms with Gasteiger partial charge in [0.2, 0.25) is 0 Å². The number of nitrogens with one attached hydrogen (secondary N) is 4. The van der Waals surface area contributed by atoms with Crippen molar-refractivity contribution in [3.05, 3.63) is 23.9 Å². The average Bonchev–Trinajstić information content (AvgIpc) is 2.95. The molecule has 2 aromatic rings. The zero-order valence-corrected chi connectivity index (χ0v) is 12.3. The van der Waals surface area contributed by atoms with E-state index in [9.17, 15) is 8.42 Å². The van der Waals surface area contributed by atoms with Crippen LogP contribution in [0.3, 0.4) is 0 Å². The molecular formula is C11H17N7O2S. The topological polar surface area (TPSA) is 128 Å². The van der Waals surface area contributed by atoms with Crippen molar-refractivity contribution in [2.24, 2.45) is 0 Å². The Balaban J connectivity index is 1.73. The standard InChI is InChI=1S/C11H17N7O2S/c1-7(10-13-6-15-16-10)18-21(19,20)11-8(5-14-17-11)4-12-9-2-3-9/h5-7,9,12,18H,2-4H2,1H3,(H,14,17)(H,13,15,16). The molecule has 21 heavy (non-hydrogen) atoms. The van der Waals surface area contributed by atoms with Crippen molar-refractivity contribution in [3.8, 4) is 0 Å². The van der Waals surface area contributed by atoms with Gasteiger partial charge in [-0.25, -0.2) is 13.4 Å². The van der Waals surface area contributed by atoms with E-state index in [0.717, 1.165) is 12.8 Å². The number of sulfonamides is 1. The highest BCUT2D eigenvalue weighted by Gasteiger charge is 2.26. The van der Waals surface area contributed by atoms with Gasteiger partial charge >= 0.3 is 0 Å². The highest BCUT2D eigenvalue weighted by molar-refractivity contribution is 7.89. The lowest BCUT2D eigenvalue weighted by Gasteiger charge is -2.12. The molecule has 3 rings (SSSR count). The van der Waals surface area contributed by atoms with Crippen LogP contribution in [-0.2, 0) is 16.6 Å². The van der Waals surface area contributed by atoms with Gasteiger partial charge in [-0.1, -0.05) is 0 Å². The van der Waals surface area contributed by atoms with Crippen LogP contribution in [0, 0.1) is 0 Å². The lowest BCUT2D eigenvalue weighted by Crippen LogP contribution is -2.29. The fraction of sp³-hybridized carbons (Fsp3) is 0.545. The van der Waals surface area contributed by atoms with Crippen LogP contribution >= 0.6 is 0 Å². The van der Waals surface area contributed by atoms with Gasteiger partial charge in [0.25, 0.3) is 10.0 Å². The van der Waals surface area contributed by atoms with Crippen molar-refractivity contribution in [1.82, 2.24) is 35.4 Å². The summed E-state index contributed by atoms with van der Waals surface area (Å²) in [7, 11) is -3.70. The van der Waals surface area contributed by atoms with Gasteiger partial charge in [0.1, 0.15) is 12.2 Å². The molecule has 0 bridgehead atoms. The molecule has 0 aliphatic heterocycles. The Kier molecular flexibility index (Phi) is 3.74. The third kappa shape index (κ3) is 3.28. The first kappa shape index (κ1) is 14.2. The summed E-state index contributed by atoms with van der Waals surface area (Å²) in [5.41, 5.74) is 0.624. The molecule has 4 N–H and O–H groups in total. The zero-order valence-electron chi connectivity index (χ0n) is 11.5. The van der Waals surface area contributed by atoms with E-state index in [4.69, 9.17) is 0 Å². The summed E-state index contributed by atoms with van der Waals surface area (Å²) >= 11 is 0. The van der Waals surface area contributed by atoms with Crippen molar-refractivity contribution < 1.29 is 8.42 Å². The molecule has 1 aliphatic rings. The summed E-state index contributed by atoms with van der Waals surface area (Å²) in [6.45, 7) is 2.17. The Morgan fingerprint density at radius 2 is 2.19 bits per heavy atom. The van der Waals surface area contributed by atoms with E-state index in [2.05, 4.69) is 35.4 Å². The number of hydrogen-bond donors (Lipinski definition) is 4. The summed E-state index contributed by atoms with van der Waals surface area (Å²) in [6, 6.07) is -0.0124. The van der Waals surface area contributed by atoms with E-state index in [-0.39, 0.29) is 5.03 Å². The zero-order chi connectivity index (χ0) is 14.9. The first-order valence-corrected chi connectivity index (χ1v) is 8.18. The molecule has 10 heteroatoms. The lowest BCUT2D eigenvalue weighted by molar-refractivity contribution is 0.553. The summed E-state index contributed by atoms with van der Waals surface area (Å²) in [5, 5.41) is 16.1. The van der Waals surface area contributed by atoms with Gasteiger partial charge in [-0.2, -0.15) is 14.9 Å². The maximum atomic E-state index is 12.4. The molecule has 0 aromatic carbocycles. The largest absolute Gasteiger partial charge is 0.310 e. The molecule has 2 aromatic heterocycles. The van der Waals surface area contributed by atoms with Crippen LogP contribution < -0.4 is 10.0 Å². The van der Waals surface area contributed by atoms with E-state index in [0.29, 0.717) is 24.0 Å². The third-order valence-electron chi connectivity index (χ3n) is 3.28. The quantitative estimate of drug-likeness (QED) is 0.561. The number of hydrogen-bond acceptors (Lipinski definition) is 6. The molecule has 1 atom stereocenters. The fourth-order valence-electron chi connectivity index (χ4n) is 1.97. The van der Waals surface area contributed by atoms with E-state index in [1.165, 1.54) is 12.5 Å².